The number of urea groups is 1. The number of amides is 2. The summed E-state index contributed by atoms with van der Waals surface area (Å²) in [6.45, 7) is 0.178. The Morgan fingerprint density at radius 1 is 1.04 bits per heavy atom. The number of aromatic nitrogens is 1. The average Bonchev–Trinajstić information content (AvgIpc) is 2.72. The second kappa shape index (κ2) is 8.57. The van der Waals surface area contributed by atoms with Crippen LogP contribution in [-0.2, 0) is 6.54 Å². The zero-order valence-corrected chi connectivity index (χ0v) is 14.4. The van der Waals surface area contributed by atoms with Crippen LogP contribution in [0.5, 0.6) is 0 Å². The SMILES string of the molecule is O=C(NCc1cccc([N+](=O)[O-])c1)NC(c1ccccc1)c1ccccn1. The van der Waals surface area contributed by atoms with Gasteiger partial charge in [0, 0.05) is 24.9 Å². The lowest BCUT2D eigenvalue weighted by molar-refractivity contribution is -0.384. The fourth-order valence-corrected chi connectivity index (χ4v) is 2.66. The van der Waals surface area contributed by atoms with Crippen LogP contribution in [0.15, 0.2) is 79.0 Å². The summed E-state index contributed by atoms with van der Waals surface area (Å²) < 4.78 is 0. The van der Waals surface area contributed by atoms with Gasteiger partial charge < -0.3 is 10.6 Å². The van der Waals surface area contributed by atoms with Crippen molar-refractivity contribution in [3.05, 3.63) is 106 Å². The number of hydrogen-bond donors (Lipinski definition) is 2. The molecule has 7 nitrogen and oxygen atoms in total. The van der Waals surface area contributed by atoms with Crippen LogP contribution in [0.3, 0.4) is 0 Å². The molecule has 136 valence electrons. The molecule has 2 N–H and O–H groups in total. The van der Waals surface area contributed by atoms with E-state index in [1.165, 1.54) is 12.1 Å². The first-order valence-corrected chi connectivity index (χ1v) is 8.37. The van der Waals surface area contributed by atoms with Gasteiger partial charge in [-0.3, -0.25) is 15.1 Å². The fourth-order valence-electron chi connectivity index (χ4n) is 2.66. The van der Waals surface area contributed by atoms with Gasteiger partial charge in [-0.2, -0.15) is 0 Å². The summed E-state index contributed by atoms with van der Waals surface area (Å²) in [6, 6.07) is 20.4. The quantitative estimate of drug-likeness (QED) is 0.517. The maximum atomic E-state index is 12.4. The second-order valence-electron chi connectivity index (χ2n) is 5.85. The Kier molecular flexibility index (Phi) is 5.73. The number of carbonyl (C=O) groups excluding carboxylic acids is 1. The summed E-state index contributed by atoms with van der Waals surface area (Å²) in [7, 11) is 0. The maximum Gasteiger partial charge on any atom is 0.315 e. The van der Waals surface area contributed by atoms with Crippen LogP contribution in [0.1, 0.15) is 22.9 Å². The van der Waals surface area contributed by atoms with Crippen molar-refractivity contribution in [1.29, 1.82) is 0 Å². The highest BCUT2D eigenvalue weighted by molar-refractivity contribution is 5.75. The number of benzene rings is 2. The summed E-state index contributed by atoms with van der Waals surface area (Å²) in [5.41, 5.74) is 2.26. The second-order valence-corrected chi connectivity index (χ2v) is 5.85. The molecule has 2 amide bonds. The molecule has 0 saturated carbocycles. The van der Waals surface area contributed by atoms with E-state index in [9.17, 15) is 14.9 Å². The largest absolute Gasteiger partial charge is 0.334 e. The van der Waals surface area contributed by atoms with Crippen molar-refractivity contribution in [3.8, 4) is 0 Å². The average molecular weight is 362 g/mol. The normalized spacial score (nSPS) is 11.4. The molecule has 0 radical (unpaired) electrons. The Morgan fingerprint density at radius 2 is 1.81 bits per heavy atom. The molecule has 1 unspecified atom stereocenters. The van der Waals surface area contributed by atoms with E-state index in [1.807, 2.05) is 48.5 Å². The molecule has 2 aromatic carbocycles. The van der Waals surface area contributed by atoms with Crippen LogP contribution in [0.2, 0.25) is 0 Å². The number of hydrogen-bond acceptors (Lipinski definition) is 4. The van der Waals surface area contributed by atoms with Gasteiger partial charge >= 0.3 is 6.03 Å². The van der Waals surface area contributed by atoms with Crippen molar-refractivity contribution in [2.75, 3.05) is 0 Å². The molecule has 7 heteroatoms. The van der Waals surface area contributed by atoms with E-state index in [2.05, 4.69) is 15.6 Å². The summed E-state index contributed by atoms with van der Waals surface area (Å²) in [6.07, 6.45) is 1.67. The third-order valence-electron chi connectivity index (χ3n) is 3.97. The molecule has 27 heavy (non-hydrogen) atoms. The number of nitro groups is 1. The molecular formula is C20H18N4O3. The first kappa shape index (κ1) is 18.1. The van der Waals surface area contributed by atoms with Gasteiger partial charge in [0.1, 0.15) is 0 Å². The van der Waals surface area contributed by atoms with Gasteiger partial charge in [-0.15, -0.1) is 0 Å². The van der Waals surface area contributed by atoms with E-state index in [0.29, 0.717) is 11.3 Å². The smallest absolute Gasteiger partial charge is 0.315 e. The molecule has 3 aromatic rings. The maximum absolute atomic E-state index is 12.4. The lowest BCUT2D eigenvalue weighted by Gasteiger charge is -2.19. The van der Waals surface area contributed by atoms with E-state index >= 15 is 0 Å². The van der Waals surface area contributed by atoms with Crippen LogP contribution >= 0.6 is 0 Å². The monoisotopic (exact) mass is 362 g/mol. The molecule has 0 aliphatic carbocycles. The first-order chi connectivity index (χ1) is 13.1. The van der Waals surface area contributed by atoms with Crippen molar-refractivity contribution < 1.29 is 9.72 Å². The number of nitro benzene ring substituents is 1. The molecular weight excluding hydrogens is 344 g/mol. The minimum Gasteiger partial charge on any atom is -0.334 e. The van der Waals surface area contributed by atoms with Gasteiger partial charge in [0.2, 0.25) is 0 Å². The molecule has 0 saturated heterocycles. The molecule has 0 aliphatic heterocycles. The molecule has 1 heterocycles. The van der Waals surface area contributed by atoms with Crippen LogP contribution in [0.25, 0.3) is 0 Å². The topological polar surface area (TPSA) is 97.2 Å². The Hall–Kier alpha value is -3.74. The highest BCUT2D eigenvalue weighted by Crippen LogP contribution is 2.20. The molecule has 3 rings (SSSR count). The Morgan fingerprint density at radius 3 is 2.52 bits per heavy atom. The summed E-state index contributed by atoms with van der Waals surface area (Å²) in [5, 5.41) is 16.5. The summed E-state index contributed by atoms with van der Waals surface area (Å²) in [5.74, 6) is 0. The van der Waals surface area contributed by atoms with Gasteiger partial charge in [-0.25, -0.2) is 4.79 Å². The van der Waals surface area contributed by atoms with E-state index in [-0.39, 0.29) is 18.3 Å². The lowest BCUT2D eigenvalue weighted by atomic mass is 10.0. The highest BCUT2D eigenvalue weighted by atomic mass is 16.6. The fraction of sp³-hybridized carbons (Fsp3) is 0.100. The van der Waals surface area contributed by atoms with Gasteiger partial charge in [0.05, 0.1) is 16.7 Å². The third kappa shape index (κ3) is 4.88. The summed E-state index contributed by atoms with van der Waals surface area (Å²) in [4.78, 5) is 27.1. The molecule has 0 aliphatic rings. The molecule has 0 spiro atoms. The van der Waals surface area contributed by atoms with Crippen molar-refractivity contribution in [1.82, 2.24) is 15.6 Å². The summed E-state index contributed by atoms with van der Waals surface area (Å²) >= 11 is 0. The highest BCUT2D eigenvalue weighted by Gasteiger charge is 2.17. The Labute approximate surface area is 156 Å². The van der Waals surface area contributed by atoms with Crippen molar-refractivity contribution in [2.24, 2.45) is 0 Å². The number of nitrogens with zero attached hydrogens (tertiary/aromatic N) is 2. The molecule has 0 bridgehead atoms. The van der Waals surface area contributed by atoms with Crippen LogP contribution in [-0.4, -0.2) is 15.9 Å². The van der Waals surface area contributed by atoms with Crippen LogP contribution in [0.4, 0.5) is 10.5 Å². The van der Waals surface area contributed by atoms with Gasteiger partial charge in [-0.1, -0.05) is 48.5 Å². The van der Waals surface area contributed by atoms with Crippen molar-refractivity contribution in [3.63, 3.8) is 0 Å². The molecule has 0 fully saturated rings. The first-order valence-electron chi connectivity index (χ1n) is 8.37. The number of pyridine rings is 1. The standard InChI is InChI=1S/C20H18N4O3/c25-20(22-14-15-7-6-10-17(13-15)24(26)27)23-19(16-8-2-1-3-9-16)18-11-4-5-12-21-18/h1-13,19H,14H2,(H2,22,23,25). The van der Waals surface area contributed by atoms with E-state index < -0.39 is 11.0 Å². The molecule has 1 aromatic heterocycles. The number of non-ortho nitro benzene ring substituents is 1. The number of carbonyl (C=O) groups is 1. The van der Waals surface area contributed by atoms with Gasteiger partial charge in [-0.05, 0) is 23.3 Å². The minimum atomic E-state index is -0.462. The predicted molar refractivity (Wildman–Crippen MR) is 101 cm³/mol. The predicted octanol–water partition coefficient (Wildman–Crippen LogP) is 3.58. The van der Waals surface area contributed by atoms with Crippen molar-refractivity contribution >= 4 is 11.7 Å². The van der Waals surface area contributed by atoms with E-state index in [0.717, 1.165) is 5.56 Å². The lowest BCUT2D eigenvalue weighted by Crippen LogP contribution is -2.38. The third-order valence-corrected chi connectivity index (χ3v) is 3.97. The Balaban J connectivity index is 1.70. The number of nitrogens with one attached hydrogen (secondary N) is 2. The van der Waals surface area contributed by atoms with Crippen molar-refractivity contribution in [2.45, 2.75) is 12.6 Å². The zero-order chi connectivity index (χ0) is 19.1. The molecule has 1 atom stereocenters. The minimum absolute atomic E-state index is 0.00893. The van der Waals surface area contributed by atoms with Crippen LogP contribution < -0.4 is 10.6 Å². The van der Waals surface area contributed by atoms with Crippen LogP contribution in [0, 0.1) is 10.1 Å². The zero-order valence-electron chi connectivity index (χ0n) is 14.4. The van der Waals surface area contributed by atoms with E-state index in [4.69, 9.17) is 0 Å². The van der Waals surface area contributed by atoms with Gasteiger partial charge in [0.25, 0.3) is 5.69 Å². The van der Waals surface area contributed by atoms with Gasteiger partial charge in [0.15, 0.2) is 0 Å². The van der Waals surface area contributed by atoms with E-state index in [1.54, 1.807) is 18.3 Å². The number of rotatable bonds is 6. The Bertz CT molecular complexity index is 877.